The summed E-state index contributed by atoms with van der Waals surface area (Å²) in [5.74, 6) is 0.192. The van der Waals surface area contributed by atoms with E-state index in [2.05, 4.69) is 96.0 Å². The highest BCUT2D eigenvalue weighted by Crippen LogP contribution is 2.22. The fourth-order valence-corrected chi connectivity index (χ4v) is 3.60. The van der Waals surface area contributed by atoms with Gasteiger partial charge in [0.1, 0.15) is 0 Å². The number of halogens is 1. The largest absolute Gasteiger partial charge is 0.345 e. The molecule has 2 aromatic carbocycles. The van der Waals surface area contributed by atoms with E-state index in [-0.39, 0.29) is 11.3 Å². The molecule has 152 valence electrons. The third-order valence-electron chi connectivity index (χ3n) is 4.79. The molecule has 0 unspecified atom stereocenters. The summed E-state index contributed by atoms with van der Waals surface area (Å²) in [6, 6.07) is 22.8. The van der Waals surface area contributed by atoms with Crippen LogP contribution in [0.4, 0.5) is 0 Å². The van der Waals surface area contributed by atoms with Crippen molar-refractivity contribution in [2.24, 2.45) is 5.41 Å². The summed E-state index contributed by atoms with van der Waals surface area (Å²) in [5.41, 5.74) is 3.50. The molecule has 0 fully saturated rings. The fraction of sp³-hybridized carbons (Fsp3) is 0.320. The Morgan fingerprint density at radius 3 is 2.24 bits per heavy atom. The smallest absolute Gasteiger partial charge is 0.223 e. The number of nitrogens with zero attached hydrogens (tertiary/aromatic N) is 2. The van der Waals surface area contributed by atoms with E-state index in [0.29, 0.717) is 19.5 Å². The monoisotopic (exact) mass is 452 g/mol. The Labute approximate surface area is 182 Å². The first-order valence-electron chi connectivity index (χ1n) is 10.0. The van der Waals surface area contributed by atoms with Gasteiger partial charge in [-0.25, -0.2) is 0 Å². The SMILES string of the molecule is CC(C)(C)CC(=O)N(Cc1ccccc1)Cc1cccn1Cc1ccc(Br)cc1. The van der Waals surface area contributed by atoms with E-state index in [1.807, 2.05) is 23.1 Å². The van der Waals surface area contributed by atoms with Crippen molar-refractivity contribution in [1.82, 2.24) is 9.47 Å². The number of amides is 1. The number of carbonyl (C=O) groups is 1. The molecule has 1 aromatic heterocycles. The Morgan fingerprint density at radius 1 is 0.897 bits per heavy atom. The van der Waals surface area contributed by atoms with E-state index in [1.165, 1.54) is 5.56 Å². The summed E-state index contributed by atoms with van der Waals surface area (Å²) in [5, 5.41) is 0. The fourth-order valence-electron chi connectivity index (χ4n) is 3.33. The van der Waals surface area contributed by atoms with E-state index in [1.54, 1.807) is 0 Å². The summed E-state index contributed by atoms with van der Waals surface area (Å²) >= 11 is 3.49. The normalized spacial score (nSPS) is 11.4. The summed E-state index contributed by atoms with van der Waals surface area (Å²) in [7, 11) is 0. The third-order valence-corrected chi connectivity index (χ3v) is 5.32. The van der Waals surface area contributed by atoms with Crippen molar-refractivity contribution in [3.05, 3.63) is 94.2 Å². The summed E-state index contributed by atoms with van der Waals surface area (Å²) < 4.78 is 3.31. The number of carbonyl (C=O) groups excluding carboxylic acids is 1. The van der Waals surface area contributed by atoms with Crippen molar-refractivity contribution in [3.63, 3.8) is 0 Å². The van der Waals surface area contributed by atoms with Gasteiger partial charge in [-0.3, -0.25) is 4.79 Å². The molecule has 0 bridgehead atoms. The number of hydrogen-bond donors (Lipinski definition) is 0. The molecule has 1 amide bonds. The lowest BCUT2D eigenvalue weighted by atomic mass is 9.91. The zero-order valence-corrected chi connectivity index (χ0v) is 19.0. The lowest BCUT2D eigenvalue weighted by molar-refractivity contribution is -0.134. The molecule has 0 aliphatic heterocycles. The summed E-state index contributed by atoms with van der Waals surface area (Å²) in [6.45, 7) is 8.36. The van der Waals surface area contributed by atoms with Crippen molar-refractivity contribution in [3.8, 4) is 0 Å². The van der Waals surface area contributed by atoms with Crippen LogP contribution in [0.2, 0.25) is 0 Å². The van der Waals surface area contributed by atoms with E-state index < -0.39 is 0 Å². The van der Waals surface area contributed by atoms with Crippen LogP contribution in [-0.2, 0) is 24.4 Å². The minimum absolute atomic E-state index is 0.0363. The molecule has 0 radical (unpaired) electrons. The molecular weight excluding hydrogens is 424 g/mol. The van der Waals surface area contributed by atoms with Crippen LogP contribution in [0.3, 0.4) is 0 Å². The molecule has 0 saturated heterocycles. The first kappa shape index (κ1) is 21.4. The predicted octanol–water partition coefficient (Wildman–Crippen LogP) is 6.26. The highest BCUT2D eigenvalue weighted by molar-refractivity contribution is 9.10. The highest BCUT2D eigenvalue weighted by atomic mass is 79.9. The first-order valence-corrected chi connectivity index (χ1v) is 10.8. The van der Waals surface area contributed by atoms with Gasteiger partial charge in [0.15, 0.2) is 0 Å². The van der Waals surface area contributed by atoms with Crippen LogP contribution in [0.1, 0.15) is 44.0 Å². The second-order valence-electron chi connectivity index (χ2n) is 8.73. The average molecular weight is 453 g/mol. The molecule has 29 heavy (non-hydrogen) atoms. The molecule has 0 N–H and O–H groups in total. The topological polar surface area (TPSA) is 25.2 Å². The predicted molar refractivity (Wildman–Crippen MR) is 122 cm³/mol. The van der Waals surface area contributed by atoms with Gasteiger partial charge in [-0.15, -0.1) is 0 Å². The molecule has 0 aliphatic rings. The molecule has 3 aromatic rings. The van der Waals surface area contributed by atoms with E-state index in [0.717, 1.165) is 22.3 Å². The first-order chi connectivity index (χ1) is 13.8. The molecule has 0 spiro atoms. The van der Waals surface area contributed by atoms with Gasteiger partial charge < -0.3 is 9.47 Å². The minimum Gasteiger partial charge on any atom is -0.345 e. The van der Waals surface area contributed by atoms with Gasteiger partial charge in [0, 0.05) is 35.9 Å². The average Bonchev–Trinajstić information content (AvgIpc) is 3.09. The Morgan fingerprint density at radius 2 is 1.59 bits per heavy atom. The van der Waals surface area contributed by atoms with E-state index in [9.17, 15) is 4.79 Å². The highest BCUT2D eigenvalue weighted by Gasteiger charge is 2.22. The second-order valence-corrected chi connectivity index (χ2v) is 9.64. The third kappa shape index (κ3) is 6.60. The molecule has 3 nitrogen and oxygen atoms in total. The van der Waals surface area contributed by atoms with E-state index in [4.69, 9.17) is 0 Å². The summed E-state index contributed by atoms with van der Waals surface area (Å²) in [6.07, 6.45) is 2.62. The van der Waals surface area contributed by atoms with Gasteiger partial charge in [-0.05, 0) is 40.8 Å². The summed E-state index contributed by atoms with van der Waals surface area (Å²) in [4.78, 5) is 15.1. The van der Waals surface area contributed by atoms with Crippen LogP contribution in [0.15, 0.2) is 77.4 Å². The van der Waals surface area contributed by atoms with Crippen LogP contribution in [-0.4, -0.2) is 15.4 Å². The van der Waals surface area contributed by atoms with Crippen LogP contribution in [0.25, 0.3) is 0 Å². The molecule has 1 heterocycles. The lowest BCUT2D eigenvalue weighted by Gasteiger charge is -2.27. The van der Waals surface area contributed by atoms with Gasteiger partial charge in [0.05, 0.1) is 6.54 Å². The van der Waals surface area contributed by atoms with Crippen LogP contribution in [0.5, 0.6) is 0 Å². The van der Waals surface area contributed by atoms with Gasteiger partial charge in [-0.1, -0.05) is 79.2 Å². The van der Waals surface area contributed by atoms with Crippen LogP contribution in [0, 0.1) is 5.41 Å². The van der Waals surface area contributed by atoms with Gasteiger partial charge in [0.25, 0.3) is 0 Å². The Kier molecular flexibility index (Phi) is 6.96. The molecule has 0 aliphatic carbocycles. The van der Waals surface area contributed by atoms with Crippen molar-refractivity contribution < 1.29 is 4.79 Å². The molecule has 4 heteroatoms. The molecule has 0 saturated carbocycles. The molecular formula is C25H29BrN2O. The Bertz CT molecular complexity index is 923. The zero-order valence-electron chi connectivity index (χ0n) is 17.4. The zero-order chi connectivity index (χ0) is 20.9. The van der Waals surface area contributed by atoms with Crippen molar-refractivity contribution in [2.45, 2.75) is 46.8 Å². The number of benzene rings is 2. The van der Waals surface area contributed by atoms with Crippen LogP contribution >= 0.6 is 15.9 Å². The maximum absolute atomic E-state index is 13.1. The van der Waals surface area contributed by atoms with Gasteiger partial charge in [0.2, 0.25) is 5.91 Å². The maximum atomic E-state index is 13.1. The lowest BCUT2D eigenvalue weighted by Crippen LogP contribution is -2.33. The van der Waals surface area contributed by atoms with Crippen molar-refractivity contribution >= 4 is 21.8 Å². The number of hydrogen-bond acceptors (Lipinski definition) is 1. The quantitative estimate of drug-likeness (QED) is 0.414. The Balaban J connectivity index is 1.79. The molecule has 0 atom stereocenters. The minimum atomic E-state index is -0.0363. The van der Waals surface area contributed by atoms with Crippen molar-refractivity contribution in [1.29, 1.82) is 0 Å². The van der Waals surface area contributed by atoms with Gasteiger partial charge >= 0.3 is 0 Å². The Hall–Kier alpha value is -2.33. The molecule has 3 rings (SSSR count). The maximum Gasteiger partial charge on any atom is 0.223 e. The number of rotatable bonds is 7. The van der Waals surface area contributed by atoms with Crippen molar-refractivity contribution in [2.75, 3.05) is 0 Å². The second kappa shape index (κ2) is 9.45. The standard InChI is InChI=1S/C25H29BrN2O/c1-25(2,3)16-24(29)28(18-20-8-5-4-6-9-20)19-23-10-7-15-27(23)17-21-11-13-22(26)14-12-21/h4-15H,16-19H2,1-3H3. The van der Waals surface area contributed by atoms with Gasteiger partial charge in [-0.2, -0.15) is 0 Å². The van der Waals surface area contributed by atoms with Crippen LogP contribution < -0.4 is 0 Å². The van der Waals surface area contributed by atoms with E-state index >= 15 is 0 Å². The number of aromatic nitrogens is 1.